The van der Waals surface area contributed by atoms with Gasteiger partial charge in [0.15, 0.2) is 11.4 Å². The molecule has 0 aliphatic heterocycles. The van der Waals surface area contributed by atoms with Crippen LogP contribution in [0.1, 0.15) is 23.1 Å². The maximum Gasteiger partial charge on any atom is 0.273 e. The fourth-order valence-electron chi connectivity index (χ4n) is 2.66. The molecule has 0 spiro atoms. The molecule has 3 aromatic rings. The summed E-state index contributed by atoms with van der Waals surface area (Å²) >= 11 is 0. The van der Waals surface area contributed by atoms with Crippen LogP contribution in [0.25, 0.3) is 10.8 Å². The third kappa shape index (κ3) is 3.98. The number of hydrogen-bond donors (Lipinski definition) is 2. The van der Waals surface area contributed by atoms with Gasteiger partial charge in [0.05, 0.1) is 12.0 Å². The molecule has 0 saturated carbocycles. The van der Waals surface area contributed by atoms with Gasteiger partial charge in [-0.05, 0) is 44.2 Å². The molecule has 2 N–H and O–H groups in total. The maximum atomic E-state index is 12.3. The van der Waals surface area contributed by atoms with E-state index in [9.17, 15) is 9.90 Å². The van der Waals surface area contributed by atoms with E-state index in [1.54, 1.807) is 32.0 Å². The minimum absolute atomic E-state index is 0.0538. The van der Waals surface area contributed by atoms with Gasteiger partial charge in [0.2, 0.25) is 0 Å². The van der Waals surface area contributed by atoms with Gasteiger partial charge in [0.1, 0.15) is 11.5 Å². The number of aromatic hydroxyl groups is 1. The minimum atomic E-state index is -0.510. The van der Waals surface area contributed by atoms with E-state index in [0.29, 0.717) is 28.0 Å². The smallest absolute Gasteiger partial charge is 0.273 e. The van der Waals surface area contributed by atoms with Gasteiger partial charge in [-0.3, -0.25) is 4.79 Å². The Kier molecular flexibility index (Phi) is 5.23. The Labute approximate surface area is 157 Å². The molecule has 2 aromatic carbocycles. The van der Waals surface area contributed by atoms with Crippen molar-refractivity contribution in [2.24, 2.45) is 5.92 Å². The van der Waals surface area contributed by atoms with E-state index in [1.165, 1.54) is 0 Å². The summed E-state index contributed by atoms with van der Waals surface area (Å²) in [6.45, 7) is 3.66. The zero-order valence-corrected chi connectivity index (χ0v) is 15.1. The SMILES string of the molecule is Cc1nc(C(=O)NCC(C)C#N)c(O)c2ccc(Oc3ccccc3)cc12. The highest BCUT2D eigenvalue weighted by molar-refractivity contribution is 6.02. The van der Waals surface area contributed by atoms with Gasteiger partial charge in [-0.2, -0.15) is 5.26 Å². The summed E-state index contributed by atoms with van der Waals surface area (Å²) in [6, 6.07) is 16.6. The number of para-hydroxylation sites is 1. The van der Waals surface area contributed by atoms with Crippen LogP contribution >= 0.6 is 0 Å². The van der Waals surface area contributed by atoms with E-state index in [4.69, 9.17) is 10.00 Å². The average molecular weight is 361 g/mol. The highest BCUT2D eigenvalue weighted by Gasteiger charge is 2.18. The number of ether oxygens (including phenoxy) is 1. The van der Waals surface area contributed by atoms with Crippen molar-refractivity contribution >= 4 is 16.7 Å². The predicted molar refractivity (Wildman–Crippen MR) is 102 cm³/mol. The number of fused-ring (bicyclic) bond motifs is 1. The summed E-state index contributed by atoms with van der Waals surface area (Å²) in [6.07, 6.45) is 0. The zero-order valence-electron chi connectivity index (χ0n) is 15.1. The second kappa shape index (κ2) is 7.75. The molecular formula is C21H19N3O3. The Balaban J connectivity index is 1.92. The lowest BCUT2D eigenvalue weighted by molar-refractivity contribution is 0.0943. The lowest BCUT2D eigenvalue weighted by Gasteiger charge is -2.12. The van der Waals surface area contributed by atoms with Crippen molar-refractivity contribution < 1.29 is 14.6 Å². The van der Waals surface area contributed by atoms with Crippen molar-refractivity contribution in [2.45, 2.75) is 13.8 Å². The first-order valence-corrected chi connectivity index (χ1v) is 8.53. The number of nitriles is 1. The lowest BCUT2D eigenvalue weighted by Crippen LogP contribution is -2.28. The molecule has 6 nitrogen and oxygen atoms in total. The third-order valence-corrected chi connectivity index (χ3v) is 4.12. The molecule has 27 heavy (non-hydrogen) atoms. The topological polar surface area (TPSA) is 95.2 Å². The molecule has 0 bridgehead atoms. The molecule has 1 amide bonds. The van der Waals surface area contributed by atoms with Crippen LogP contribution in [-0.2, 0) is 0 Å². The van der Waals surface area contributed by atoms with Gasteiger partial charge in [0.25, 0.3) is 5.91 Å². The van der Waals surface area contributed by atoms with Gasteiger partial charge in [-0.25, -0.2) is 4.98 Å². The molecule has 0 aliphatic rings. The van der Waals surface area contributed by atoms with Crippen LogP contribution in [-0.4, -0.2) is 22.5 Å². The summed E-state index contributed by atoms with van der Waals surface area (Å²) < 4.78 is 5.82. The van der Waals surface area contributed by atoms with Crippen LogP contribution in [0.4, 0.5) is 0 Å². The standard InChI is InChI=1S/C21H19N3O3/c1-13(11-22)12-23-21(26)19-20(25)17-9-8-16(10-18(17)14(2)24-19)27-15-6-4-3-5-7-15/h3-10,13,25H,12H2,1-2H3,(H,23,26). The number of nitrogens with zero attached hydrogens (tertiary/aromatic N) is 2. The van der Waals surface area contributed by atoms with E-state index in [-0.39, 0.29) is 23.9 Å². The number of nitrogens with one attached hydrogen (secondary N) is 1. The number of amides is 1. The summed E-state index contributed by atoms with van der Waals surface area (Å²) in [5, 5.41) is 23.2. The second-order valence-electron chi connectivity index (χ2n) is 6.26. The summed E-state index contributed by atoms with van der Waals surface area (Å²) in [5.41, 5.74) is 0.543. The first-order valence-electron chi connectivity index (χ1n) is 8.53. The normalized spacial score (nSPS) is 11.6. The quantitative estimate of drug-likeness (QED) is 0.718. The van der Waals surface area contributed by atoms with Gasteiger partial charge in [-0.1, -0.05) is 18.2 Å². The minimum Gasteiger partial charge on any atom is -0.505 e. The predicted octanol–water partition coefficient (Wildman–Crippen LogP) is 3.93. The summed E-state index contributed by atoms with van der Waals surface area (Å²) in [5.74, 6) is 0.288. The van der Waals surface area contributed by atoms with Crippen molar-refractivity contribution in [3.63, 3.8) is 0 Å². The van der Waals surface area contributed by atoms with E-state index < -0.39 is 5.91 Å². The fourth-order valence-corrected chi connectivity index (χ4v) is 2.66. The molecule has 0 saturated heterocycles. The number of pyridine rings is 1. The van der Waals surface area contributed by atoms with Gasteiger partial charge < -0.3 is 15.2 Å². The molecule has 3 rings (SSSR count). The number of aryl methyl sites for hydroxylation is 1. The summed E-state index contributed by atoms with van der Waals surface area (Å²) in [7, 11) is 0. The first kappa shape index (κ1) is 18.2. The maximum absolute atomic E-state index is 12.3. The molecule has 1 unspecified atom stereocenters. The lowest BCUT2D eigenvalue weighted by atomic mass is 10.1. The van der Waals surface area contributed by atoms with Gasteiger partial charge in [-0.15, -0.1) is 0 Å². The van der Waals surface area contributed by atoms with Gasteiger partial charge >= 0.3 is 0 Å². The third-order valence-electron chi connectivity index (χ3n) is 4.12. The molecule has 136 valence electrons. The number of carbonyl (C=O) groups is 1. The molecule has 0 aliphatic carbocycles. The molecule has 6 heteroatoms. The summed E-state index contributed by atoms with van der Waals surface area (Å²) in [4.78, 5) is 16.6. The highest BCUT2D eigenvalue weighted by atomic mass is 16.5. The number of benzene rings is 2. The molecule has 0 radical (unpaired) electrons. The molecule has 0 fully saturated rings. The molecular weight excluding hydrogens is 342 g/mol. The first-order chi connectivity index (χ1) is 13.0. The molecule has 1 heterocycles. The second-order valence-corrected chi connectivity index (χ2v) is 6.26. The fraction of sp³-hybridized carbons (Fsp3) is 0.190. The molecule has 1 aromatic heterocycles. The van der Waals surface area contributed by atoms with Crippen LogP contribution in [0.2, 0.25) is 0 Å². The average Bonchev–Trinajstić information content (AvgIpc) is 2.69. The number of rotatable bonds is 5. The Morgan fingerprint density at radius 1 is 1.22 bits per heavy atom. The van der Waals surface area contributed by atoms with Gasteiger partial charge in [0, 0.05) is 23.0 Å². The highest BCUT2D eigenvalue weighted by Crippen LogP contribution is 2.33. The van der Waals surface area contributed by atoms with E-state index >= 15 is 0 Å². The Bertz CT molecular complexity index is 1030. The van der Waals surface area contributed by atoms with E-state index in [2.05, 4.69) is 10.3 Å². The Morgan fingerprint density at radius 3 is 2.67 bits per heavy atom. The largest absolute Gasteiger partial charge is 0.505 e. The van der Waals surface area contributed by atoms with Crippen LogP contribution in [0.5, 0.6) is 17.2 Å². The molecule has 1 atom stereocenters. The number of carbonyl (C=O) groups excluding carboxylic acids is 1. The number of hydrogen-bond acceptors (Lipinski definition) is 5. The van der Waals surface area contributed by atoms with Crippen LogP contribution < -0.4 is 10.1 Å². The van der Waals surface area contributed by atoms with Crippen molar-refractivity contribution in [1.29, 1.82) is 5.26 Å². The van der Waals surface area contributed by atoms with Crippen molar-refractivity contribution in [3.8, 4) is 23.3 Å². The Hall–Kier alpha value is -3.59. The van der Waals surface area contributed by atoms with Crippen molar-refractivity contribution in [2.75, 3.05) is 6.54 Å². The monoisotopic (exact) mass is 361 g/mol. The van der Waals surface area contributed by atoms with Crippen LogP contribution in [0.15, 0.2) is 48.5 Å². The Morgan fingerprint density at radius 2 is 1.96 bits per heavy atom. The van der Waals surface area contributed by atoms with Crippen molar-refractivity contribution in [3.05, 3.63) is 59.9 Å². The van der Waals surface area contributed by atoms with Crippen molar-refractivity contribution in [1.82, 2.24) is 10.3 Å². The number of aromatic nitrogens is 1. The van der Waals surface area contributed by atoms with E-state index in [1.807, 2.05) is 36.4 Å². The van der Waals surface area contributed by atoms with Crippen LogP contribution in [0, 0.1) is 24.2 Å². The zero-order chi connectivity index (χ0) is 19.4. The van der Waals surface area contributed by atoms with Crippen LogP contribution in [0.3, 0.4) is 0 Å². The van der Waals surface area contributed by atoms with E-state index in [0.717, 1.165) is 0 Å².